The fourth-order valence-electron chi connectivity index (χ4n) is 2.09. The smallest absolute Gasteiger partial charge is 0.143 e. The van der Waals surface area contributed by atoms with Gasteiger partial charge in [0.1, 0.15) is 11.6 Å². The highest BCUT2D eigenvalue weighted by Crippen LogP contribution is 2.14. The van der Waals surface area contributed by atoms with Crippen molar-refractivity contribution in [1.29, 1.82) is 0 Å². The first-order chi connectivity index (χ1) is 11.7. The number of halogens is 2. The zero-order chi connectivity index (χ0) is 16.8. The van der Waals surface area contributed by atoms with Gasteiger partial charge in [0.05, 0.1) is 5.56 Å². The summed E-state index contributed by atoms with van der Waals surface area (Å²) < 4.78 is 28.3. The molecule has 0 nitrogen and oxygen atoms in total. The molecule has 3 aromatic rings. The van der Waals surface area contributed by atoms with Crippen LogP contribution >= 0.6 is 0 Å². The van der Waals surface area contributed by atoms with E-state index in [0.717, 1.165) is 5.56 Å². The van der Waals surface area contributed by atoms with Gasteiger partial charge in [0.25, 0.3) is 0 Å². The standard InChI is InChI=1S/C22H12F2/c23-21-15-19(12-11-17-7-3-1-4-8-17)16-22(24)20(21)14-13-18-9-5-2-6-10-18/h1-10,15-16H. The lowest BCUT2D eigenvalue weighted by atomic mass is 10.1. The van der Waals surface area contributed by atoms with Crippen molar-refractivity contribution in [3.63, 3.8) is 0 Å². The lowest BCUT2D eigenvalue weighted by Gasteiger charge is -1.99. The average molecular weight is 314 g/mol. The van der Waals surface area contributed by atoms with E-state index in [1.165, 1.54) is 12.1 Å². The van der Waals surface area contributed by atoms with E-state index in [2.05, 4.69) is 23.7 Å². The second kappa shape index (κ2) is 7.27. The van der Waals surface area contributed by atoms with Gasteiger partial charge in [0.2, 0.25) is 0 Å². The molecule has 0 N–H and O–H groups in total. The fraction of sp³-hybridized carbons (Fsp3) is 0. The third-order valence-electron chi connectivity index (χ3n) is 3.27. The van der Waals surface area contributed by atoms with Crippen LogP contribution in [-0.2, 0) is 0 Å². The van der Waals surface area contributed by atoms with Gasteiger partial charge in [-0.15, -0.1) is 0 Å². The van der Waals surface area contributed by atoms with Gasteiger partial charge in [-0.3, -0.25) is 0 Å². The summed E-state index contributed by atoms with van der Waals surface area (Å²) in [5.41, 5.74) is 1.51. The number of hydrogen-bond donors (Lipinski definition) is 0. The summed E-state index contributed by atoms with van der Waals surface area (Å²) in [7, 11) is 0. The van der Waals surface area contributed by atoms with Crippen molar-refractivity contribution < 1.29 is 8.78 Å². The molecule has 0 aromatic heterocycles. The summed E-state index contributed by atoms with van der Waals surface area (Å²) in [6.45, 7) is 0. The van der Waals surface area contributed by atoms with Crippen molar-refractivity contribution in [3.8, 4) is 23.7 Å². The number of benzene rings is 3. The molecule has 3 rings (SSSR count). The van der Waals surface area contributed by atoms with Gasteiger partial charge < -0.3 is 0 Å². The van der Waals surface area contributed by atoms with Crippen LogP contribution in [0.4, 0.5) is 8.78 Å². The Morgan fingerprint density at radius 2 is 0.917 bits per heavy atom. The Hall–Kier alpha value is -3.36. The second-order valence-electron chi connectivity index (χ2n) is 5.05. The van der Waals surface area contributed by atoms with Gasteiger partial charge in [-0.1, -0.05) is 60.1 Å². The Bertz CT molecular complexity index is 943. The van der Waals surface area contributed by atoms with Crippen molar-refractivity contribution in [1.82, 2.24) is 0 Å². The van der Waals surface area contributed by atoms with Crippen LogP contribution in [0.5, 0.6) is 0 Å². The second-order valence-corrected chi connectivity index (χ2v) is 5.05. The molecule has 0 radical (unpaired) electrons. The van der Waals surface area contributed by atoms with Gasteiger partial charge in [-0.2, -0.15) is 0 Å². The summed E-state index contributed by atoms with van der Waals surface area (Å²) >= 11 is 0. The van der Waals surface area contributed by atoms with Crippen LogP contribution in [0.1, 0.15) is 22.3 Å². The minimum absolute atomic E-state index is 0.246. The number of hydrogen-bond acceptors (Lipinski definition) is 0. The molecule has 0 amide bonds. The Morgan fingerprint density at radius 3 is 1.42 bits per heavy atom. The molecule has 2 heteroatoms. The monoisotopic (exact) mass is 314 g/mol. The summed E-state index contributed by atoms with van der Waals surface area (Å²) in [6, 6.07) is 20.7. The molecule has 0 aliphatic rings. The molecule has 3 aromatic carbocycles. The van der Waals surface area contributed by atoms with E-state index < -0.39 is 11.6 Å². The maximum absolute atomic E-state index is 14.1. The first-order valence-electron chi connectivity index (χ1n) is 7.35. The molecule has 0 saturated carbocycles. The third kappa shape index (κ3) is 3.88. The predicted octanol–water partition coefficient (Wildman–Crippen LogP) is 4.76. The average Bonchev–Trinajstić information content (AvgIpc) is 2.61. The fourth-order valence-corrected chi connectivity index (χ4v) is 2.09. The zero-order valence-electron chi connectivity index (χ0n) is 12.7. The molecule has 0 atom stereocenters. The van der Waals surface area contributed by atoms with Gasteiger partial charge in [-0.25, -0.2) is 8.78 Å². The van der Waals surface area contributed by atoms with E-state index in [1.807, 2.05) is 48.5 Å². The summed E-state index contributed by atoms with van der Waals surface area (Å²) in [5.74, 6) is 9.52. The van der Waals surface area contributed by atoms with Crippen LogP contribution in [0, 0.1) is 35.3 Å². The first-order valence-corrected chi connectivity index (χ1v) is 7.35. The molecule has 24 heavy (non-hydrogen) atoms. The molecule has 0 aliphatic carbocycles. The van der Waals surface area contributed by atoms with Gasteiger partial charge in [0.15, 0.2) is 0 Å². The van der Waals surface area contributed by atoms with E-state index >= 15 is 0 Å². The minimum Gasteiger partial charge on any atom is -0.205 e. The van der Waals surface area contributed by atoms with Gasteiger partial charge in [-0.05, 0) is 36.4 Å². The van der Waals surface area contributed by atoms with Crippen LogP contribution in [-0.4, -0.2) is 0 Å². The summed E-state index contributed by atoms with van der Waals surface area (Å²) in [6.07, 6.45) is 0. The molecular weight excluding hydrogens is 302 g/mol. The Labute approximate surface area is 139 Å². The molecule has 0 unspecified atom stereocenters. The van der Waals surface area contributed by atoms with E-state index in [1.54, 1.807) is 12.1 Å². The van der Waals surface area contributed by atoms with Crippen LogP contribution < -0.4 is 0 Å². The SMILES string of the molecule is Fc1cc(C#Cc2ccccc2)cc(F)c1C#Cc1ccccc1. The summed E-state index contributed by atoms with van der Waals surface area (Å²) in [5, 5.41) is 0. The molecule has 114 valence electrons. The Balaban J connectivity index is 1.90. The van der Waals surface area contributed by atoms with Crippen LogP contribution in [0.2, 0.25) is 0 Å². The van der Waals surface area contributed by atoms with Gasteiger partial charge in [0, 0.05) is 16.7 Å². The maximum atomic E-state index is 14.1. The first kappa shape index (κ1) is 15.5. The van der Waals surface area contributed by atoms with Crippen molar-refractivity contribution in [3.05, 3.63) is 107 Å². The van der Waals surface area contributed by atoms with E-state index in [4.69, 9.17) is 0 Å². The lowest BCUT2D eigenvalue weighted by Crippen LogP contribution is -1.92. The van der Waals surface area contributed by atoms with Gasteiger partial charge >= 0.3 is 0 Å². The molecule has 0 saturated heterocycles. The van der Waals surface area contributed by atoms with Crippen molar-refractivity contribution >= 4 is 0 Å². The van der Waals surface area contributed by atoms with E-state index in [9.17, 15) is 8.78 Å². The highest BCUT2D eigenvalue weighted by Gasteiger charge is 2.08. The maximum Gasteiger partial charge on any atom is 0.143 e. The quantitative estimate of drug-likeness (QED) is 0.525. The third-order valence-corrected chi connectivity index (χ3v) is 3.27. The molecule has 0 heterocycles. The van der Waals surface area contributed by atoms with Crippen molar-refractivity contribution in [2.24, 2.45) is 0 Å². The Kier molecular flexibility index (Phi) is 4.70. The Morgan fingerprint density at radius 1 is 0.500 bits per heavy atom. The van der Waals surface area contributed by atoms with Crippen molar-refractivity contribution in [2.75, 3.05) is 0 Å². The lowest BCUT2D eigenvalue weighted by molar-refractivity contribution is 0.577. The summed E-state index contributed by atoms with van der Waals surface area (Å²) in [4.78, 5) is 0. The highest BCUT2D eigenvalue weighted by molar-refractivity contribution is 5.49. The molecule has 0 aliphatic heterocycles. The van der Waals surface area contributed by atoms with Crippen LogP contribution in [0.3, 0.4) is 0 Å². The van der Waals surface area contributed by atoms with Crippen molar-refractivity contribution in [2.45, 2.75) is 0 Å². The largest absolute Gasteiger partial charge is 0.205 e. The van der Waals surface area contributed by atoms with Crippen LogP contribution in [0.15, 0.2) is 72.8 Å². The predicted molar refractivity (Wildman–Crippen MR) is 91.2 cm³/mol. The molecule has 0 bridgehead atoms. The zero-order valence-corrected chi connectivity index (χ0v) is 12.7. The normalized spacial score (nSPS) is 9.42. The minimum atomic E-state index is -0.712. The topological polar surface area (TPSA) is 0 Å². The molecular formula is C22H12F2. The van der Waals surface area contributed by atoms with E-state index in [-0.39, 0.29) is 11.1 Å². The molecule has 0 spiro atoms. The van der Waals surface area contributed by atoms with Crippen LogP contribution in [0.25, 0.3) is 0 Å². The van der Waals surface area contributed by atoms with E-state index in [0.29, 0.717) is 5.56 Å². The molecule has 0 fully saturated rings. The highest BCUT2D eigenvalue weighted by atomic mass is 19.1. The number of rotatable bonds is 0.